The minimum absolute atomic E-state index is 0.138. The summed E-state index contributed by atoms with van der Waals surface area (Å²) in [6, 6.07) is 4.08. The van der Waals surface area contributed by atoms with Crippen molar-refractivity contribution in [3.05, 3.63) is 51.1 Å². The smallest absolute Gasteiger partial charge is 0.308 e. The molecule has 0 aromatic heterocycles. The van der Waals surface area contributed by atoms with Crippen molar-refractivity contribution in [3.8, 4) is 11.5 Å². The van der Waals surface area contributed by atoms with E-state index in [1.165, 1.54) is 12.5 Å². The number of anilines is 1. The summed E-state index contributed by atoms with van der Waals surface area (Å²) in [4.78, 5) is 24.4. The number of nitrogens with one attached hydrogen (secondary N) is 1. The summed E-state index contributed by atoms with van der Waals surface area (Å²) < 4.78 is 11.6. The van der Waals surface area contributed by atoms with Crippen LogP contribution in [0.15, 0.2) is 12.1 Å². The van der Waals surface area contributed by atoms with Crippen molar-refractivity contribution in [1.29, 1.82) is 0 Å². The molecule has 1 unspecified atom stereocenters. The largest absolute Gasteiger partial charge is 0.480 e. The minimum atomic E-state index is -0.555. The first-order valence-electron chi connectivity index (χ1n) is 9.96. The van der Waals surface area contributed by atoms with Crippen molar-refractivity contribution < 1.29 is 19.1 Å². The first kappa shape index (κ1) is 20.9. The summed E-state index contributed by atoms with van der Waals surface area (Å²) in [7, 11) is 0. The molecule has 0 spiro atoms. The van der Waals surface area contributed by atoms with E-state index in [2.05, 4.69) is 18.3 Å². The molecule has 154 valence electrons. The summed E-state index contributed by atoms with van der Waals surface area (Å²) in [6.07, 6.45) is 0.715. The molecule has 2 aromatic rings. The van der Waals surface area contributed by atoms with Gasteiger partial charge in [0.2, 0.25) is 0 Å². The van der Waals surface area contributed by atoms with Gasteiger partial charge < -0.3 is 14.8 Å². The Hall–Kier alpha value is -2.82. The van der Waals surface area contributed by atoms with Crippen LogP contribution in [0.4, 0.5) is 5.69 Å². The van der Waals surface area contributed by atoms with Crippen LogP contribution in [0.5, 0.6) is 11.5 Å². The average Bonchev–Trinajstić information content (AvgIpc) is 2.67. The molecular weight excluding hydrogens is 366 g/mol. The third kappa shape index (κ3) is 4.00. The van der Waals surface area contributed by atoms with Gasteiger partial charge in [-0.15, -0.1) is 0 Å². The van der Waals surface area contributed by atoms with E-state index in [0.29, 0.717) is 18.6 Å². The second kappa shape index (κ2) is 7.90. The Balaban J connectivity index is 1.87. The maximum atomic E-state index is 12.9. The Kier molecular flexibility index (Phi) is 5.69. The maximum absolute atomic E-state index is 12.9. The lowest BCUT2D eigenvalue weighted by molar-refractivity contribution is -0.132. The van der Waals surface area contributed by atoms with Gasteiger partial charge in [-0.2, -0.15) is 0 Å². The lowest BCUT2D eigenvalue weighted by Crippen LogP contribution is -2.36. The number of aryl methyl sites for hydroxylation is 3. The van der Waals surface area contributed by atoms with Gasteiger partial charge in [0, 0.05) is 18.2 Å². The van der Waals surface area contributed by atoms with Crippen molar-refractivity contribution >= 4 is 17.6 Å². The molecule has 1 aliphatic rings. The summed E-state index contributed by atoms with van der Waals surface area (Å²) >= 11 is 0. The average molecular weight is 395 g/mol. The fraction of sp³-hybridized carbons (Fsp3) is 0.417. The standard InChI is InChI=1S/C24H29NO4/c1-12-10-14(3)20(11-13(12)2)25-24(27)21-9-8-19-17(6)22(28-18(7)26)15(4)16(5)23(19)29-21/h10-11,21H,8-9H2,1-7H3,(H,25,27). The van der Waals surface area contributed by atoms with Gasteiger partial charge in [0.25, 0.3) is 5.91 Å². The van der Waals surface area contributed by atoms with Crippen LogP contribution in [0.3, 0.4) is 0 Å². The molecule has 29 heavy (non-hydrogen) atoms. The minimum Gasteiger partial charge on any atom is -0.480 e. The normalized spacial score (nSPS) is 15.3. The monoisotopic (exact) mass is 395 g/mol. The molecule has 0 radical (unpaired) electrons. The Morgan fingerprint density at radius 1 is 0.966 bits per heavy atom. The van der Waals surface area contributed by atoms with E-state index < -0.39 is 6.10 Å². The van der Waals surface area contributed by atoms with Crippen LogP contribution < -0.4 is 14.8 Å². The quantitative estimate of drug-likeness (QED) is 0.599. The molecule has 0 saturated carbocycles. The van der Waals surface area contributed by atoms with E-state index in [1.807, 2.05) is 40.7 Å². The predicted octanol–water partition coefficient (Wildman–Crippen LogP) is 4.79. The number of fused-ring (bicyclic) bond motifs is 1. The first-order chi connectivity index (χ1) is 13.6. The SMILES string of the molecule is CC(=O)Oc1c(C)c(C)c2c(c1C)CCC(C(=O)Nc1cc(C)c(C)cc1C)O2. The van der Waals surface area contributed by atoms with E-state index in [-0.39, 0.29) is 11.9 Å². The van der Waals surface area contributed by atoms with Gasteiger partial charge in [-0.1, -0.05) is 6.07 Å². The second-order valence-electron chi connectivity index (χ2n) is 7.99. The van der Waals surface area contributed by atoms with Gasteiger partial charge in [0.1, 0.15) is 11.5 Å². The zero-order chi connectivity index (χ0) is 21.5. The number of hydrogen-bond donors (Lipinski definition) is 1. The van der Waals surface area contributed by atoms with E-state index in [4.69, 9.17) is 9.47 Å². The molecule has 5 heteroatoms. The first-order valence-corrected chi connectivity index (χ1v) is 9.96. The van der Waals surface area contributed by atoms with Gasteiger partial charge in [0.05, 0.1) is 0 Å². The number of carbonyl (C=O) groups is 2. The molecule has 2 aromatic carbocycles. The Morgan fingerprint density at radius 2 is 1.62 bits per heavy atom. The Bertz CT molecular complexity index is 1010. The summed E-state index contributed by atoms with van der Waals surface area (Å²) in [5.74, 6) is 0.860. The second-order valence-corrected chi connectivity index (χ2v) is 7.99. The highest BCUT2D eigenvalue weighted by Crippen LogP contribution is 2.41. The predicted molar refractivity (Wildman–Crippen MR) is 114 cm³/mol. The fourth-order valence-corrected chi connectivity index (χ4v) is 3.88. The third-order valence-electron chi connectivity index (χ3n) is 5.86. The summed E-state index contributed by atoms with van der Waals surface area (Å²) in [6.45, 7) is 13.3. The molecule has 0 saturated heterocycles. The number of hydrogen-bond acceptors (Lipinski definition) is 4. The van der Waals surface area contributed by atoms with Gasteiger partial charge in [-0.3, -0.25) is 9.59 Å². The molecule has 1 heterocycles. The molecule has 1 N–H and O–H groups in total. The van der Waals surface area contributed by atoms with Crippen molar-refractivity contribution in [2.45, 2.75) is 67.4 Å². The number of benzene rings is 2. The maximum Gasteiger partial charge on any atom is 0.308 e. The van der Waals surface area contributed by atoms with E-state index in [9.17, 15) is 9.59 Å². The van der Waals surface area contributed by atoms with Crippen LogP contribution in [0.1, 0.15) is 52.3 Å². The zero-order valence-electron chi connectivity index (χ0n) is 18.3. The van der Waals surface area contributed by atoms with Crippen LogP contribution in [0.2, 0.25) is 0 Å². The third-order valence-corrected chi connectivity index (χ3v) is 5.86. The highest BCUT2D eigenvalue weighted by molar-refractivity contribution is 5.95. The molecule has 1 atom stereocenters. The van der Waals surface area contributed by atoms with Crippen molar-refractivity contribution in [2.24, 2.45) is 0 Å². The Morgan fingerprint density at radius 3 is 2.28 bits per heavy atom. The van der Waals surface area contributed by atoms with Gasteiger partial charge >= 0.3 is 5.97 Å². The molecule has 0 fully saturated rings. The zero-order valence-corrected chi connectivity index (χ0v) is 18.3. The molecule has 5 nitrogen and oxygen atoms in total. The molecule has 3 rings (SSSR count). The summed E-state index contributed by atoms with van der Waals surface area (Å²) in [5.41, 5.74) is 7.88. The Labute approximate surface area is 172 Å². The summed E-state index contributed by atoms with van der Waals surface area (Å²) in [5, 5.41) is 3.03. The fourth-order valence-electron chi connectivity index (χ4n) is 3.88. The number of ether oxygens (including phenoxy) is 2. The number of rotatable bonds is 3. The van der Waals surface area contributed by atoms with Gasteiger partial charge in [-0.05, 0) is 93.8 Å². The van der Waals surface area contributed by atoms with Crippen LogP contribution in [0, 0.1) is 41.5 Å². The highest BCUT2D eigenvalue weighted by Gasteiger charge is 2.31. The molecule has 1 amide bonds. The molecular formula is C24H29NO4. The molecule has 0 bridgehead atoms. The van der Waals surface area contributed by atoms with Crippen LogP contribution >= 0.6 is 0 Å². The highest BCUT2D eigenvalue weighted by atomic mass is 16.5. The van der Waals surface area contributed by atoms with Crippen molar-refractivity contribution in [2.75, 3.05) is 5.32 Å². The lowest BCUT2D eigenvalue weighted by Gasteiger charge is -2.30. The van der Waals surface area contributed by atoms with Crippen LogP contribution in [-0.2, 0) is 16.0 Å². The number of carbonyl (C=O) groups excluding carboxylic acids is 2. The molecule has 0 aliphatic carbocycles. The van der Waals surface area contributed by atoms with Crippen LogP contribution in [0.25, 0.3) is 0 Å². The van der Waals surface area contributed by atoms with Crippen molar-refractivity contribution in [3.63, 3.8) is 0 Å². The van der Waals surface area contributed by atoms with E-state index >= 15 is 0 Å². The topological polar surface area (TPSA) is 64.6 Å². The number of esters is 1. The number of amides is 1. The van der Waals surface area contributed by atoms with E-state index in [1.54, 1.807) is 0 Å². The van der Waals surface area contributed by atoms with Gasteiger partial charge in [0.15, 0.2) is 6.10 Å². The van der Waals surface area contributed by atoms with Crippen LogP contribution in [-0.4, -0.2) is 18.0 Å². The molecule has 1 aliphatic heterocycles. The van der Waals surface area contributed by atoms with E-state index in [0.717, 1.165) is 44.8 Å². The van der Waals surface area contributed by atoms with Crippen molar-refractivity contribution in [1.82, 2.24) is 0 Å². The van der Waals surface area contributed by atoms with Gasteiger partial charge in [-0.25, -0.2) is 0 Å². The lowest BCUT2D eigenvalue weighted by atomic mass is 9.91.